The monoisotopic (exact) mass is 423 g/mol. The Morgan fingerprint density at radius 3 is 2.40 bits per heavy atom. The highest BCUT2D eigenvalue weighted by Crippen LogP contribution is 2.23. The fourth-order valence-corrected chi connectivity index (χ4v) is 3.21. The molecule has 0 aliphatic carbocycles. The second-order valence-corrected chi connectivity index (χ2v) is 7.37. The number of carboxylic acids is 1. The number of carbonyl (C=O) groups is 1. The van der Waals surface area contributed by atoms with Crippen LogP contribution in [0, 0.1) is 11.8 Å². The molecular weight excluding hydrogens is 386 g/mol. The van der Waals surface area contributed by atoms with Crippen molar-refractivity contribution in [1.82, 2.24) is 10.4 Å². The summed E-state index contributed by atoms with van der Waals surface area (Å²) in [5, 5.41) is 13.5. The standard InChI is InChI=1S/C21H37N5O4/c1-4-5-18(21(27)28)19(20(22)24-25-23)14-16-6-8-17(9-7-16)15-30-13-11-26(2)10-12-29-3/h6-9,18-19,25H,4-5,10-15,23H2,1-3H3,(H2,22,24)(H,27,28)/t18-,19-/m0/s1. The number of aliphatic carboxylic acids is 1. The molecule has 9 nitrogen and oxygen atoms in total. The van der Waals surface area contributed by atoms with Gasteiger partial charge in [0.2, 0.25) is 0 Å². The van der Waals surface area contributed by atoms with Gasteiger partial charge in [-0.05, 0) is 31.0 Å². The molecule has 0 saturated heterocycles. The normalized spacial score (nSPS) is 14.0. The third kappa shape index (κ3) is 9.53. The van der Waals surface area contributed by atoms with E-state index in [4.69, 9.17) is 21.1 Å². The van der Waals surface area contributed by atoms with Gasteiger partial charge in [0.1, 0.15) is 5.84 Å². The number of benzene rings is 1. The lowest BCUT2D eigenvalue weighted by atomic mass is 9.83. The van der Waals surface area contributed by atoms with Gasteiger partial charge in [-0.15, -0.1) is 0 Å². The molecule has 170 valence electrons. The van der Waals surface area contributed by atoms with E-state index in [1.54, 1.807) is 7.11 Å². The van der Waals surface area contributed by atoms with Crippen LogP contribution in [0.3, 0.4) is 0 Å². The van der Waals surface area contributed by atoms with E-state index >= 15 is 0 Å². The Morgan fingerprint density at radius 2 is 1.83 bits per heavy atom. The number of nitrogens with one attached hydrogen (secondary N) is 1. The largest absolute Gasteiger partial charge is 0.481 e. The zero-order valence-electron chi connectivity index (χ0n) is 18.3. The van der Waals surface area contributed by atoms with Gasteiger partial charge >= 0.3 is 5.97 Å². The Kier molecular flexibility index (Phi) is 12.7. The van der Waals surface area contributed by atoms with Crippen molar-refractivity contribution >= 4 is 11.8 Å². The smallest absolute Gasteiger partial charge is 0.307 e. The summed E-state index contributed by atoms with van der Waals surface area (Å²) in [6.45, 7) is 5.53. The van der Waals surface area contributed by atoms with E-state index < -0.39 is 17.8 Å². The number of hydrazine groups is 1. The van der Waals surface area contributed by atoms with Crippen molar-refractivity contribution in [3.05, 3.63) is 35.4 Å². The highest BCUT2D eigenvalue weighted by molar-refractivity contribution is 5.87. The minimum Gasteiger partial charge on any atom is -0.481 e. The second kappa shape index (κ2) is 14.7. The van der Waals surface area contributed by atoms with Crippen LogP contribution < -0.4 is 17.1 Å². The van der Waals surface area contributed by atoms with Crippen LogP contribution >= 0.6 is 0 Å². The average Bonchev–Trinajstić information content (AvgIpc) is 2.73. The lowest BCUT2D eigenvalue weighted by Crippen LogP contribution is -2.38. The Balaban J connectivity index is 2.66. The van der Waals surface area contributed by atoms with Gasteiger partial charge in [-0.2, -0.15) is 5.10 Å². The number of hydrogen-bond acceptors (Lipinski definition) is 7. The van der Waals surface area contributed by atoms with Crippen molar-refractivity contribution in [2.45, 2.75) is 32.8 Å². The van der Waals surface area contributed by atoms with Crippen LogP contribution in [0.1, 0.15) is 30.9 Å². The molecule has 1 aromatic carbocycles. The van der Waals surface area contributed by atoms with Gasteiger partial charge in [0, 0.05) is 26.1 Å². The first-order valence-corrected chi connectivity index (χ1v) is 10.3. The Hall–Kier alpha value is -2.20. The first kappa shape index (κ1) is 25.8. The third-order valence-electron chi connectivity index (χ3n) is 5.02. The van der Waals surface area contributed by atoms with E-state index in [9.17, 15) is 9.90 Å². The third-order valence-corrected chi connectivity index (χ3v) is 5.02. The number of likely N-dealkylation sites (N-methyl/N-ethyl adjacent to an activating group) is 1. The molecule has 0 aliphatic rings. The van der Waals surface area contributed by atoms with Crippen LogP contribution in [-0.4, -0.2) is 62.3 Å². The number of rotatable bonds is 16. The Morgan fingerprint density at radius 1 is 1.20 bits per heavy atom. The summed E-state index contributed by atoms with van der Waals surface area (Å²) >= 11 is 0. The number of hydrazone groups is 1. The molecule has 0 bridgehead atoms. The Bertz CT molecular complexity index is 639. The number of methoxy groups -OCH3 is 1. The molecule has 0 unspecified atom stereocenters. The van der Waals surface area contributed by atoms with Crippen LogP contribution in [0.15, 0.2) is 29.4 Å². The van der Waals surface area contributed by atoms with Crippen molar-refractivity contribution in [1.29, 1.82) is 0 Å². The van der Waals surface area contributed by atoms with Crippen LogP contribution in [0.2, 0.25) is 0 Å². The van der Waals surface area contributed by atoms with Crippen LogP contribution in [0.4, 0.5) is 0 Å². The van der Waals surface area contributed by atoms with Crippen LogP contribution in [-0.2, 0) is 27.3 Å². The van der Waals surface area contributed by atoms with Crippen molar-refractivity contribution < 1.29 is 19.4 Å². The minimum atomic E-state index is -0.877. The van der Waals surface area contributed by atoms with Crippen molar-refractivity contribution in [3.8, 4) is 0 Å². The highest BCUT2D eigenvalue weighted by atomic mass is 16.5. The van der Waals surface area contributed by atoms with Crippen molar-refractivity contribution in [3.63, 3.8) is 0 Å². The van der Waals surface area contributed by atoms with Gasteiger partial charge in [0.15, 0.2) is 0 Å². The SMILES string of the molecule is CCC[C@H](C(=O)O)[C@H](Cc1ccc(COCCN(C)CCOC)cc1)/C(N)=N/NN. The molecule has 6 N–H and O–H groups in total. The van der Waals surface area contributed by atoms with Gasteiger partial charge in [-0.1, -0.05) is 37.6 Å². The predicted octanol–water partition coefficient (Wildman–Crippen LogP) is 1.18. The molecule has 0 radical (unpaired) electrons. The quantitative estimate of drug-likeness (QED) is 0.102. The molecule has 2 atom stereocenters. The summed E-state index contributed by atoms with van der Waals surface area (Å²) in [5.41, 5.74) is 10.2. The van der Waals surface area contributed by atoms with E-state index in [1.807, 2.05) is 38.2 Å². The van der Waals surface area contributed by atoms with Crippen LogP contribution in [0.25, 0.3) is 0 Å². The van der Waals surface area contributed by atoms with Crippen molar-refractivity contribution in [2.24, 2.45) is 28.5 Å². The fraction of sp³-hybridized carbons (Fsp3) is 0.619. The zero-order valence-corrected chi connectivity index (χ0v) is 18.3. The molecule has 0 amide bonds. The maximum atomic E-state index is 11.7. The van der Waals surface area contributed by atoms with E-state index in [0.717, 1.165) is 30.6 Å². The maximum absolute atomic E-state index is 11.7. The summed E-state index contributed by atoms with van der Waals surface area (Å²) in [6, 6.07) is 7.94. The second-order valence-electron chi connectivity index (χ2n) is 7.37. The highest BCUT2D eigenvalue weighted by Gasteiger charge is 2.30. The van der Waals surface area contributed by atoms with E-state index in [1.165, 1.54) is 0 Å². The van der Waals surface area contributed by atoms with E-state index in [0.29, 0.717) is 32.7 Å². The first-order valence-electron chi connectivity index (χ1n) is 10.3. The molecule has 0 aromatic heterocycles. The lowest BCUT2D eigenvalue weighted by molar-refractivity contribution is -0.143. The number of nitrogens with two attached hydrogens (primary N) is 2. The van der Waals surface area contributed by atoms with Crippen LogP contribution in [0.5, 0.6) is 0 Å². The van der Waals surface area contributed by atoms with Crippen molar-refractivity contribution in [2.75, 3.05) is 40.5 Å². The number of ether oxygens (including phenoxy) is 2. The Labute approximate surface area is 179 Å². The number of hydrogen-bond donors (Lipinski definition) is 4. The zero-order chi connectivity index (χ0) is 22.4. The summed E-state index contributed by atoms with van der Waals surface area (Å²) in [5.74, 6) is 3.50. The molecule has 1 rings (SSSR count). The number of amidine groups is 1. The van der Waals surface area contributed by atoms with Gasteiger partial charge in [0.05, 0.1) is 25.7 Å². The average molecular weight is 424 g/mol. The summed E-state index contributed by atoms with van der Waals surface area (Å²) < 4.78 is 10.8. The maximum Gasteiger partial charge on any atom is 0.307 e. The summed E-state index contributed by atoms with van der Waals surface area (Å²) in [4.78, 5) is 13.9. The minimum absolute atomic E-state index is 0.198. The molecule has 0 spiro atoms. The first-order chi connectivity index (χ1) is 14.4. The number of carboxylic acid groups (broad SMARTS) is 1. The predicted molar refractivity (Wildman–Crippen MR) is 118 cm³/mol. The molecule has 0 aliphatic heterocycles. The number of nitrogens with zero attached hydrogens (tertiary/aromatic N) is 2. The van der Waals surface area contributed by atoms with Gasteiger partial charge in [-0.3, -0.25) is 4.79 Å². The molecule has 0 heterocycles. The van der Waals surface area contributed by atoms with Gasteiger partial charge in [0.25, 0.3) is 0 Å². The van der Waals surface area contributed by atoms with E-state index in [-0.39, 0.29) is 5.84 Å². The lowest BCUT2D eigenvalue weighted by Gasteiger charge is -2.23. The molecule has 0 fully saturated rings. The molecule has 1 aromatic rings. The molecule has 30 heavy (non-hydrogen) atoms. The molecule has 9 heteroatoms. The molecular formula is C21H37N5O4. The van der Waals surface area contributed by atoms with Gasteiger partial charge in [-0.25, -0.2) is 11.4 Å². The molecule has 0 saturated carbocycles. The summed E-state index contributed by atoms with van der Waals surface area (Å²) in [7, 11) is 3.73. The fourth-order valence-electron chi connectivity index (χ4n) is 3.21. The van der Waals surface area contributed by atoms with Gasteiger partial charge < -0.3 is 25.2 Å². The van der Waals surface area contributed by atoms with E-state index in [2.05, 4.69) is 15.5 Å². The summed E-state index contributed by atoms with van der Waals surface area (Å²) in [6.07, 6.45) is 1.73. The topological polar surface area (TPSA) is 135 Å².